The Morgan fingerprint density at radius 1 is 1.25 bits per heavy atom. The lowest BCUT2D eigenvalue weighted by Gasteiger charge is -2.10. The highest BCUT2D eigenvalue weighted by molar-refractivity contribution is 7.80. The molecule has 0 heterocycles. The summed E-state index contributed by atoms with van der Waals surface area (Å²) in [6.45, 7) is 3.04. The highest BCUT2D eigenvalue weighted by atomic mass is 35.5. The average molecular weight is 382 g/mol. The van der Waals surface area contributed by atoms with E-state index in [0.717, 1.165) is 17.7 Å². The number of hydrogen-bond donors (Lipinski definition) is 2. The Labute approximate surface area is 156 Å². The maximum atomic E-state index is 6.16. The Hall–Kier alpha value is -1.82. The van der Waals surface area contributed by atoms with E-state index in [1.54, 1.807) is 18.3 Å². The van der Waals surface area contributed by atoms with Gasteiger partial charge in [0.2, 0.25) is 0 Å². The van der Waals surface area contributed by atoms with Crippen molar-refractivity contribution in [3.05, 3.63) is 63.6 Å². The highest BCUT2D eigenvalue weighted by Gasteiger charge is 2.05. The molecule has 24 heavy (non-hydrogen) atoms. The third kappa shape index (κ3) is 5.67. The molecule has 2 rings (SSSR count). The number of nitrogens with one attached hydrogen (secondary N) is 2. The van der Waals surface area contributed by atoms with Crippen molar-refractivity contribution in [1.82, 2.24) is 10.7 Å². The third-order valence-corrected chi connectivity index (χ3v) is 3.85. The number of nitrogens with zero attached hydrogens (tertiary/aromatic N) is 1. The number of rotatable bonds is 6. The summed E-state index contributed by atoms with van der Waals surface area (Å²) in [5.74, 6) is 0.698. The molecule has 0 aromatic heterocycles. The topological polar surface area (TPSA) is 45.7 Å². The molecule has 0 aliphatic heterocycles. The first kappa shape index (κ1) is 18.5. The van der Waals surface area contributed by atoms with E-state index in [9.17, 15) is 0 Å². The molecule has 0 fully saturated rings. The molecule has 0 bridgehead atoms. The quantitative estimate of drug-likeness (QED) is 0.442. The van der Waals surface area contributed by atoms with Crippen molar-refractivity contribution in [2.45, 2.75) is 13.5 Å². The highest BCUT2D eigenvalue weighted by Crippen LogP contribution is 2.23. The molecular formula is C17H17Cl2N3OS. The Bertz CT molecular complexity index is 738. The number of ether oxygens (including phenoxy) is 1. The van der Waals surface area contributed by atoms with Crippen LogP contribution in [0.2, 0.25) is 10.0 Å². The van der Waals surface area contributed by atoms with Crippen molar-refractivity contribution in [1.29, 1.82) is 0 Å². The van der Waals surface area contributed by atoms with Crippen molar-refractivity contribution in [3.8, 4) is 5.75 Å². The van der Waals surface area contributed by atoms with Crippen molar-refractivity contribution < 1.29 is 4.74 Å². The van der Waals surface area contributed by atoms with Crippen LogP contribution in [0.15, 0.2) is 47.6 Å². The fourth-order valence-electron chi connectivity index (χ4n) is 1.87. The minimum Gasteiger partial charge on any atom is -0.488 e. The zero-order valence-corrected chi connectivity index (χ0v) is 15.4. The maximum absolute atomic E-state index is 6.16. The Morgan fingerprint density at radius 2 is 2.04 bits per heavy atom. The SMILES string of the molecule is CCNC(=S)N/N=C/c1ccccc1OCc1ccc(Cl)cc1Cl. The summed E-state index contributed by atoms with van der Waals surface area (Å²) in [5.41, 5.74) is 4.44. The van der Waals surface area contributed by atoms with Crippen LogP contribution in [0.4, 0.5) is 0 Å². The van der Waals surface area contributed by atoms with Gasteiger partial charge < -0.3 is 10.1 Å². The Kier molecular flexibility index (Phi) is 7.31. The van der Waals surface area contributed by atoms with Crippen molar-refractivity contribution in [3.63, 3.8) is 0 Å². The van der Waals surface area contributed by atoms with Crippen LogP contribution in [0, 0.1) is 0 Å². The van der Waals surface area contributed by atoms with E-state index in [1.807, 2.05) is 37.3 Å². The number of hydrazone groups is 1. The average Bonchev–Trinajstić information content (AvgIpc) is 2.55. The van der Waals surface area contributed by atoms with Gasteiger partial charge in [0.15, 0.2) is 5.11 Å². The third-order valence-electron chi connectivity index (χ3n) is 3.02. The van der Waals surface area contributed by atoms with Gasteiger partial charge in [0, 0.05) is 27.7 Å². The summed E-state index contributed by atoms with van der Waals surface area (Å²) >= 11 is 17.1. The van der Waals surface area contributed by atoms with E-state index in [4.69, 9.17) is 40.2 Å². The van der Waals surface area contributed by atoms with Gasteiger partial charge in [-0.05, 0) is 43.4 Å². The predicted molar refractivity (Wildman–Crippen MR) is 104 cm³/mol. The Balaban J connectivity index is 2.03. The number of halogens is 2. The Morgan fingerprint density at radius 3 is 2.79 bits per heavy atom. The lowest BCUT2D eigenvalue weighted by atomic mass is 10.2. The van der Waals surface area contributed by atoms with Gasteiger partial charge in [-0.3, -0.25) is 5.43 Å². The monoisotopic (exact) mass is 381 g/mol. The second kappa shape index (κ2) is 9.47. The van der Waals surface area contributed by atoms with Crippen LogP contribution < -0.4 is 15.5 Å². The van der Waals surface area contributed by atoms with Crippen LogP contribution in [0.3, 0.4) is 0 Å². The van der Waals surface area contributed by atoms with Gasteiger partial charge >= 0.3 is 0 Å². The summed E-state index contributed by atoms with van der Waals surface area (Å²) in [6.07, 6.45) is 1.66. The molecule has 2 aromatic carbocycles. The fourth-order valence-corrected chi connectivity index (χ4v) is 2.53. The van der Waals surface area contributed by atoms with E-state index in [1.165, 1.54) is 0 Å². The summed E-state index contributed by atoms with van der Waals surface area (Å²) in [6, 6.07) is 12.9. The molecule has 0 saturated heterocycles. The molecule has 0 spiro atoms. The first-order valence-corrected chi connectivity index (χ1v) is 8.49. The van der Waals surface area contributed by atoms with Crippen molar-refractivity contribution in [2.75, 3.05) is 6.54 Å². The standard InChI is InChI=1S/C17H17Cl2N3OS/c1-2-20-17(24)22-21-10-12-5-3-4-6-16(12)23-11-13-7-8-14(18)9-15(13)19/h3-10H,2,11H2,1H3,(H2,20,22,24)/b21-10+. The second-order valence-corrected chi connectivity index (χ2v) is 6.04. The minimum absolute atomic E-state index is 0.337. The van der Waals surface area contributed by atoms with Crippen LogP contribution in [-0.2, 0) is 6.61 Å². The molecule has 0 unspecified atom stereocenters. The minimum atomic E-state index is 0.337. The zero-order chi connectivity index (χ0) is 17.4. The molecule has 0 aliphatic rings. The number of para-hydroxylation sites is 1. The fraction of sp³-hybridized carbons (Fsp3) is 0.176. The molecule has 0 aliphatic carbocycles. The molecule has 4 nitrogen and oxygen atoms in total. The van der Waals surface area contributed by atoms with Crippen LogP contribution in [0.1, 0.15) is 18.1 Å². The summed E-state index contributed by atoms with van der Waals surface area (Å²) in [4.78, 5) is 0. The summed E-state index contributed by atoms with van der Waals surface area (Å²) in [7, 11) is 0. The first-order chi connectivity index (χ1) is 11.6. The van der Waals surface area contributed by atoms with Gasteiger partial charge in [0.1, 0.15) is 12.4 Å². The molecule has 2 N–H and O–H groups in total. The summed E-state index contributed by atoms with van der Waals surface area (Å²) < 4.78 is 5.85. The van der Waals surface area contributed by atoms with Crippen molar-refractivity contribution >= 4 is 46.7 Å². The van der Waals surface area contributed by atoms with Gasteiger partial charge in [0.05, 0.1) is 6.21 Å². The second-order valence-electron chi connectivity index (χ2n) is 4.79. The molecule has 0 saturated carbocycles. The number of benzene rings is 2. The predicted octanol–water partition coefficient (Wildman–Crippen LogP) is 4.39. The molecule has 0 atom stereocenters. The largest absolute Gasteiger partial charge is 0.488 e. The lowest BCUT2D eigenvalue weighted by molar-refractivity contribution is 0.306. The van der Waals surface area contributed by atoms with E-state index in [-0.39, 0.29) is 0 Å². The van der Waals surface area contributed by atoms with Crippen LogP contribution in [0.25, 0.3) is 0 Å². The van der Waals surface area contributed by atoms with Crippen molar-refractivity contribution in [2.24, 2.45) is 5.10 Å². The smallest absolute Gasteiger partial charge is 0.186 e. The maximum Gasteiger partial charge on any atom is 0.186 e. The molecule has 126 valence electrons. The lowest BCUT2D eigenvalue weighted by Crippen LogP contribution is -2.31. The zero-order valence-electron chi connectivity index (χ0n) is 13.1. The molecule has 0 amide bonds. The van der Waals surface area contributed by atoms with E-state index < -0.39 is 0 Å². The number of thiocarbonyl (C=S) groups is 1. The van der Waals surface area contributed by atoms with E-state index in [2.05, 4.69) is 15.8 Å². The molecular weight excluding hydrogens is 365 g/mol. The van der Waals surface area contributed by atoms with E-state index >= 15 is 0 Å². The van der Waals surface area contributed by atoms with Crippen LogP contribution in [-0.4, -0.2) is 17.9 Å². The summed E-state index contributed by atoms with van der Waals surface area (Å²) in [5, 5.41) is 8.70. The van der Waals surface area contributed by atoms with E-state index in [0.29, 0.717) is 27.5 Å². The molecule has 2 aromatic rings. The van der Waals surface area contributed by atoms with Gasteiger partial charge in [-0.1, -0.05) is 41.4 Å². The van der Waals surface area contributed by atoms with Crippen LogP contribution in [0.5, 0.6) is 5.75 Å². The molecule has 0 radical (unpaired) electrons. The normalized spacial score (nSPS) is 10.6. The van der Waals surface area contributed by atoms with Gasteiger partial charge in [-0.2, -0.15) is 5.10 Å². The first-order valence-electron chi connectivity index (χ1n) is 7.32. The number of hydrogen-bond acceptors (Lipinski definition) is 3. The van der Waals surface area contributed by atoms with Crippen LogP contribution >= 0.6 is 35.4 Å². The molecule has 7 heteroatoms. The van der Waals surface area contributed by atoms with Gasteiger partial charge in [-0.25, -0.2) is 0 Å². The van der Waals surface area contributed by atoms with Gasteiger partial charge in [-0.15, -0.1) is 0 Å². The van der Waals surface area contributed by atoms with Gasteiger partial charge in [0.25, 0.3) is 0 Å².